The summed E-state index contributed by atoms with van der Waals surface area (Å²) in [4.78, 5) is 17.7. The zero-order chi connectivity index (χ0) is 26.1. The van der Waals surface area contributed by atoms with Crippen LogP contribution in [0.15, 0.2) is 66.7 Å². The zero-order valence-corrected chi connectivity index (χ0v) is 22.1. The van der Waals surface area contributed by atoms with Gasteiger partial charge in [0.25, 0.3) is 0 Å². The first-order valence-electron chi connectivity index (χ1n) is 11.9. The summed E-state index contributed by atoms with van der Waals surface area (Å²) in [6, 6.07) is 19.3. The highest BCUT2D eigenvalue weighted by molar-refractivity contribution is 6.09. The molecular formula is C30H36N2O4. The molecule has 3 aromatic carbocycles. The van der Waals surface area contributed by atoms with Gasteiger partial charge < -0.3 is 24.0 Å². The van der Waals surface area contributed by atoms with Crippen LogP contribution < -0.4 is 14.2 Å². The van der Waals surface area contributed by atoms with E-state index in [1.165, 1.54) is 0 Å². The Kier molecular flexibility index (Phi) is 9.68. The lowest BCUT2D eigenvalue weighted by molar-refractivity contribution is 0.104. The number of carbonyl (C=O) groups excluding carboxylic acids is 1. The van der Waals surface area contributed by atoms with Gasteiger partial charge in [-0.15, -0.1) is 0 Å². The summed E-state index contributed by atoms with van der Waals surface area (Å²) in [5, 5.41) is 0. The molecule has 3 rings (SSSR count). The first kappa shape index (κ1) is 27.0. The van der Waals surface area contributed by atoms with Gasteiger partial charge in [-0.3, -0.25) is 4.79 Å². The number of likely N-dealkylation sites (N-methyl/N-ethyl adjacent to an activating group) is 1. The maximum atomic E-state index is 13.5. The van der Waals surface area contributed by atoms with Crippen LogP contribution >= 0.6 is 0 Å². The van der Waals surface area contributed by atoms with E-state index in [1.807, 2.05) is 93.8 Å². The van der Waals surface area contributed by atoms with Gasteiger partial charge in [0, 0.05) is 13.1 Å². The molecule has 0 bridgehead atoms. The topological polar surface area (TPSA) is 51.2 Å². The van der Waals surface area contributed by atoms with Crippen molar-refractivity contribution in [1.29, 1.82) is 0 Å². The normalized spacial score (nSPS) is 11.3. The number of hydrogen-bond donors (Lipinski definition) is 0. The lowest BCUT2D eigenvalue weighted by Gasteiger charge is -2.17. The molecular weight excluding hydrogens is 452 g/mol. The summed E-state index contributed by atoms with van der Waals surface area (Å²) >= 11 is 0. The zero-order valence-electron chi connectivity index (χ0n) is 22.1. The van der Waals surface area contributed by atoms with Gasteiger partial charge >= 0.3 is 0 Å². The van der Waals surface area contributed by atoms with Crippen LogP contribution in [0.25, 0.3) is 17.2 Å². The van der Waals surface area contributed by atoms with Gasteiger partial charge in [-0.1, -0.05) is 42.5 Å². The highest BCUT2D eigenvalue weighted by Crippen LogP contribution is 2.40. The summed E-state index contributed by atoms with van der Waals surface area (Å²) < 4.78 is 17.2. The molecule has 0 N–H and O–H groups in total. The quantitative estimate of drug-likeness (QED) is 0.256. The van der Waals surface area contributed by atoms with E-state index in [0.717, 1.165) is 35.3 Å². The predicted molar refractivity (Wildman–Crippen MR) is 146 cm³/mol. The average molecular weight is 489 g/mol. The Morgan fingerprint density at radius 2 is 1.53 bits per heavy atom. The second-order valence-corrected chi connectivity index (χ2v) is 9.03. The molecule has 0 saturated carbocycles. The molecule has 0 unspecified atom stereocenters. The number of ether oxygens (including phenoxy) is 3. The number of rotatable bonds is 12. The van der Waals surface area contributed by atoms with Crippen LogP contribution in [0.1, 0.15) is 21.5 Å². The Hall–Kier alpha value is -3.61. The molecule has 6 heteroatoms. The van der Waals surface area contributed by atoms with E-state index in [2.05, 4.69) is 11.0 Å². The van der Waals surface area contributed by atoms with Crippen LogP contribution in [0.2, 0.25) is 0 Å². The number of nitrogens with zero attached hydrogens (tertiary/aromatic N) is 2. The maximum absolute atomic E-state index is 13.5. The smallest absolute Gasteiger partial charge is 0.189 e. The van der Waals surface area contributed by atoms with Crippen LogP contribution in [0, 0.1) is 0 Å². The van der Waals surface area contributed by atoms with Gasteiger partial charge in [-0.2, -0.15) is 0 Å². The van der Waals surface area contributed by atoms with Crippen LogP contribution in [0.5, 0.6) is 17.2 Å². The molecule has 0 aliphatic rings. The van der Waals surface area contributed by atoms with E-state index in [-0.39, 0.29) is 5.78 Å². The highest BCUT2D eigenvalue weighted by atomic mass is 16.5. The minimum Gasteiger partial charge on any atom is -0.496 e. The van der Waals surface area contributed by atoms with Crippen LogP contribution in [-0.2, 0) is 6.54 Å². The van der Waals surface area contributed by atoms with E-state index in [0.29, 0.717) is 29.4 Å². The molecule has 0 heterocycles. The maximum Gasteiger partial charge on any atom is 0.189 e. The lowest BCUT2D eigenvalue weighted by atomic mass is 9.98. The summed E-state index contributed by atoms with van der Waals surface area (Å²) in [7, 11) is 11.3. The molecule has 0 spiro atoms. The van der Waals surface area contributed by atoms with Crippen molar-refractivity contribution in [3.63, 3.8) is 0 Å². The van der Waals surface area contributed by atoms with E-state index < -0.39 is 0 Å². The Bertz CT molecular complexity index is 1180. The van der Waals surface area contributed by atoms with Crippen molar-refractivity contribution in [2.24, 2.45) is 0 Å². The van der Waals surface area contributed by atoms with Gasteiger partial charge in [0.2, 0.25) is 0 Å². The highest BCUT2D eigenvalue weighted by Gasteiger charge is 2.17. The van der Waals surface area contributed by atoms with E-state index in [1.54, 1.807) is 20.3 Å². The third-order valence-corrected chi connectivity index (χ3v) is 5.71. The summed E-state index contributed by atoms with van der Waals surface area (Å²) in [5.74, 6) is 1.75. The number of carbonyl (C=O) groups is 1. The van der Waals surface area contributed by atoms with Crippen molar-refractivity contribution >= 4 is 11.9 Å². The standard InChI is InChI=1S/C30H36N2O4/c1-31(2)18-19-36-27-17-15-23(30-28(34-5)12-9-13-29(30)35-6)20-25(27)26(33)16-14-22-10-7-8-11-24(22)21-32(3)4/h7-17,20H,18-19,21H2,1-6H3/b16-14+. The van der Waals surface area contributed by atoms with Crippen LogP contribution in [0.3, 0.4) is 0 Å². The number of ketones is 1. The molecule has 190 valence electrons. The van der Waals surface area contributed by atoms with Gasteiger partial charge in [0.05, 0.1) is 25.3 Å². The second kappa shape index (κ2) is 12.9. The van der Waals surface area contributed by atoms with Crippen molar-refractivity contribution in [1.82, 2.24) is 9.80 Å². The number of hydrogen-bond acceptors (Lipinski definition) is 6. The second-order valence-electron chi connectivity index (χ2n) is 9.03. The summed E-state index contributed by atoms with van der Waals surface area (Å²) in [6.07, 6.45) is 3.49. The fraction of sp³-hybridized carbons (Fsp3) is 0.300. The first-order valence-corrected chi connectivity index (χ1v) is 11.9. The van der Waals surface area contributed by atoms with E-state index >= 15 is 0 Å². The molecule has 0 saturated heterocycles. The largest absolute Gasteiger partial charge is 0.496 e. The summed E-state index contributed by atoms with van der Waals surface area (Å²) in [5.41, 5.74) is 4.25. The van der Waals surface area contributed by atoms with Crippen molar-refractivity contribution in [3.05, 3.63) is 83.4 Å². The van der Waals surface area contributed by atoms with Crippen molar-refractivity contribution < 1.29 is 19.0 Å². The van der Waals surface area contributed by atoms with Crippen LogP contribution in [-0.4, -0.2) is 71.1 Å². The molecule has 36 heavy (non-hydrogen) atoms. The monoisotopic (exact) mass is 488 g/mol. The number of methoxy groups -OCH3 is 2. The minimum atomic E-state index is -0.134. The van der Waals surface area contributed by atoms with Crippen LogP contribution in [0.4, 0.5) is 0 Å². The van der Waals surface area contributed by atoms with Crippen molar-refractivity contribution in [2.45, 2.75) is 6.54 Å². The minimum absolute atomic E-state index is 0.134. The van der Waals surface area contributed by atoms with Gasteiger partial charge in [-0.05, 0) is 75.2 Å². The van der Waals surface area contributed by atoms with Gasteiger partial charge in [0.1, 0.15) is 23.9 Å². The molecule has 0 atom stereocenters. The fourth-order valence-electron chi connectivity index (χ4n) is 3.91. The van der Waals surface area contributed by atoms with E-state index in [9.17, 15) is 4.79 Å². The van der Waals surface area contributed by atoms with E-state index in [4.69, 9.17) is 14.2 Å². The number of allylic oxidation sites excluding steroid dienone is 1. The fourth-order valence-corrected chi connectivity index (χ4v) is 3.91. The molecule has 0 aliphatic heterocycles. The molecule has 6 nitrogen and oxygen atoms in total. The number of benzene rings is 3. The molecule has 0 aliphatic carbocycles. The Labute approximate surface area is 214 Å². The van der Waals surface area contributed by atoms with Crippen molar-refractivity contribution in [2.75, 3.05) is 55.6 Å². The third kappa shape index (κ3) is 6.97. The Balaban J connectivity index is 2.02. The SMILES string of the molecule is COc1cccc(OC)c1-c1ccc(OCCN(C)C)c(C(=O)/C=C/c2ccccc2CN(C)C)c1. The predicted octanol–water partition coefficient (Wildman–Crippen LogP) is 5.27. The van der Waals surface area contributed by atoms with Gasteiger partial charge in [-0.25, -0.2) is 0 Å². The molecule has 0 amide bonds. The Morgan fingerprint density at radius 1 is 0.833 bits per heavy atom. The van der Waals surface area contributed by atoms with Crippen molar-refractivity contribution in [3.8, 4) is 28.4 Å². The Morgan fingerprint density at radius 3 is 2.17 bits per heavy atom. The average Bonchev–Trinajstić information content (AvgIpc) is 2.87. The molecule has 0 radical (unpaired) electrons. The third-order valence-electron chi connectivity index (χ3n) is 5.71. The first-order chi connectivity index (χ1) is 17.3. The summed E-state index contributed by atoms with van der Waals surface area (Å²) in [6.45, 7) is 2.00. The molecule has 0 fully saturated rings. The molecule has 3 aromatic rings. The van der Waals surface area contributed by atoms with Gasteiger partial charge in [0.15, 0.2) is 5.78 Å². The lowest BCUT2D eigenvalue weighted by Crippen LogP contribution is -2.20. The molecule has 0 aromatic heterocycles.